The molecule has 1 aromatic carbocycles. The van der Waals surface area contributed by atoms with Crippen molar-refractivity contribution in [1.82, 2.24) is 0 Å². The fraction of sp³-hybridized carbons (Fsp3) is 0.556. The molecule has 2 rings (SSSR count). The van der Waals surface area contributed by atoms with Crippen LogP contribution in [0.4, 0.5) is 8.78 Å². The maximum Gasteiger partial charge on any atom is 0.314 e. The molecular weight excluding hydrogens is 316 g/mol. The van der Waals surface area contributed by atoms with Gasteiger partial charge in [-0.25, -0.2) is 4.39 Å². The minimum atomic E-state index is -1.31. The number of ether oxygens (including phenoxy) is 2. The van der Waals surface area contributed by atoms with Gasteiger partial charge in [0.1, 0.15) is 6.07 Å². The summed E-state index contributed by atoms with van der Waals surface area (Å²) in [5.74, 6) is -3.98. The van der Waals surface area contributed by atoms with Gasteiger partial charge in [-0.3, -0.25) is 4.79 Å². The number of carbonyl (C=O) groups is 1. The van der Waals surface area contributed by atoms with Gasteiger partial charge in [-0.2, -0.15) is 9.65 Å². The molecule has 0 saturated heterocycles. The molecule has 0 aromatic heterocycles. The lowest BCUT2D eigenvalue weighted by Gasteiger charge is -2.27. The van der Waals surface area contributed by atoms with Gasteiger partial charge in [-0.15, -0.1) is 0 Å². The third kappa shape index (κ3) is 4.51. The summed E-state index contributed by atoms with van der Waals surface area (Å²) in [6, 6.07) is 3.74. The number of carbonyl (C=O) groups excluding carboxylic acids is 1. The van der Waals surface area contributed by atoms with E-state index in [1.165, 1.54) is 6.07 Å². The molecule has 0 heterocycles. The van der Waals surface area contributed by atoms with Gasteiger partial charge in [0.05, 0.1) is 17.6 Å². The quantitative estimate of drug-likeness (QED) is 0.445. The molecule has 6 heteroatoms. The number of rotatable bonds is 6. The summed E-state index contributed by atoms with van der Waals surface area (Å²) >= 11 is 0. The summed E-state index contributed by atoms with van der Waals surface area (Å²) in [5, 5.41) is 8.65. The first-order chi connectivity index (χ1) is 11.6. The van der Waals surface area contributed by atoms with Gasteiger partial charge in [-0.05, 0) is 44.2 Å². The van der Waals surface area contributed by atoms with Crippen molar-refractivity contribution in [2.24, 2.45) is 5.92 Å². The summed E-state index contributed by atoms with van der Waals surface area (Å²) in [7, 11) is 0. The van der Waals surface area contributed by atoms with Crippen molar-refractivity contribution in [3.05, 3.63) is 29.3 Å². The van der Waals surface area contributed by atoms with E-state index in [1.807, 2.05) is 0 Å². The van der Waals surface area contributed by atoms with E-state index in [4.69, 9.17) is 14.7 Å². The van der Waals surface area contributed by atoms with E-state index < -0.39 is 28.9 Å². The Morgan fingerprint density at radius 2 is 1.96 bits per heavy atom. The number of nitrogens with zero attached hydrogens (tertiary/aromatic N) is 1. The van der Waals surface area contributed by atoms with Gasteiger partial charge in [0, 0.05) is 6.61 Å². The van der Waals surface area contributed by atoms with Crippen LogP contribution in [0.3, 0.4) is 0 Å². The van der Waals surface area contributed by atoms with Crippen molar-refractivity contribution >= 4 is 5.97 Å². The second-order valence-corrected chi connectivity index (χ2v) is 5.97. The maximum absolute atomic E-state index is 13.8. The van der Waals surface area contributed by atoms with E-state index in [0.29, 0.717) is 12.8 Å². The third-order valence-corrected chi connectivity index (χ3v) is 4.24. The molecule has 24 heavy (non-hydrogen) atoms. The molecule has 0 atom stereocenters. The van der Waals surface area contributed by atoms with Crippen molar-refractivity contribution in [2.45, 2.75) is 51.6 Å². The van der Waals surface area contributed by atoms with Crippen LogP contribution in [-0.4, -0.2) is 18.7 Å². The molecule has 1 aliphatic carbocycles. The van der Waals surface area contributed by atoms with E-state index >= 15 is 0 Å². The molecule has 1 aliphatic rings. The summed E-state index contributed by atoms with van der Waals surface area (Å²) in [5.41, 5.74) is -0.419. The molecule has 0 spiro atoms. The number of benzene rings is 1. The lowest BCUT2D eigenvalue weighted by Crippen LogP contribution is -2.29. The van der Waals surface area contributed by atoms with E-state index in [0.717, 1.165) is 44.4 Å². The fourth-order valence-corrected chi connectivity index (χ4v) is 2.75. The highest BCUT2D eigenvalue weighted by atomic mass is 19.2. The van der Waals surface area contributed by atoms with E-state index in [1.54, 1.807) is 0 Å². The van der Waals surface area contributed by atoms with Crippen LogP contribution in [0, 0.1) is 28.9 Å². The predicted molar refractivity (Wildman–Crippen MR) is 83.3 cm³/mol. The van der Waals surface area contributed by atoms with Crippen molar-refractivity contribution < 1.29 is 23.0 Å². The molecule has 0 N–H and O–H groups in total. The number of hydrogen-bond donors (Lipinski definition) is 0. The summed E-state index contributed by atoms with van der Waals surface area (Å²) in [6.07, 6.45) is 4.98. The monoisotopic (exact) mass is 337 g/mol. The van der Waals surface area contributed by atoms with E-state index in [9.17, 15) is 13.6 Å². The molecule has 1 fully saturated rings. The highest BCUT2D eigenvalue weighted by Gasteiger charge is 2.29. The third-order valence-electron chi connectivity index (χ3n) is 4.24. The Balaban J connectivity index is 1.88. The van der Waals surface area contributed by atoms with Gasteiger partial charge in [0.25, 0.3) is 0 Å². The summed E-state index contributed by atoms with van der Waals surface area (Å²) in [6.45, 7) is 2.83. The first-order valence-electron chi connectivity index (χ1n) is 8.28. The van der Waals surface area contributed by atoms with Crippen LogP contribution in [0.5, 0.6) is 5.75 Å². The second kappa shape index (κ2) is 8.74. The average Bonchev–Trinajstić information content (AvgIpc) is 2.60. The van der Waals surface area contributed by atoms with Crippen LogP contribution in [0.1, 0.15) is 51.0 Å². The number of esters is 1. The minimum absolute atomic E-state index is 0.157. The molecule has 0 bridgehead atoms. The Bertz CT molecular complexity index is 619. The topological polar surface area (TPSA) is 59.3 Å². The zero-order valence-corrected chi connectivity index (χ0v) is 13.7. The van der Waals surface area contributed by atoms with Crippen molar-refractivity contribution in [3.8, 4) is 11.8 Å². The van der Waals surface area contributed by atoms with Crippen LogP contribution in [0.15, 0.2) is 12.1 Å². The lowest BCUT2D eigenvalue weighted by atomic mass is 9.87. The number of halogens is 2. The normalized spacial score (nSPS) is 20.4. The van der Waals surface area contributed by atoms with E-state index in [2.05, 4.69) is 6.92 Å². The van der Waals surface area contributed by atoms with Gasteiger partial charge in [0.15, 0.2) is 11.6 Å². The Morgan fingerprint density at radius 3 is 2.58 bits per heavy atom. The number of unbranched alkanes of at least 4 members (excludes halogenated alkanes) is 1. The first-order valence-corrected chi connectivity index (χ1v) is 8.28. The van der Waals surface area contributed by atoms with Crippen LogP contribution < -0.4 is 4.74 Å². The standard InChI is InChI=1S/C18H21F2NO3/c1-2-3-10-23-14-7-4-12(5-8-14)18(22)24-15-9-6-13(11-21)16(19)17(15)20/h6,9,12,14H,2-5,7-8,10H2,1H3. The highest BCUT2D eigenvalue weighted by molar-refractivity contribution is 5.75. The molecule has 4 nitrogen and oxygen atoms in total. The Morgan fingerprint density at radius 1 is 1.25 bits per heavy atom. The van der Waals surface area contributed by atoms with E-state index in [-0.39, 0.29) is 12.0 Å². The first kappa shape index (κ1) is 18.3. The summed E-state index contributed by atoms with van der Waals surface area (Å²) < 4.78 is 38.1. The van der Waals surface area contributed by atoms with Crippen molar-refractivity contribution in [3.63, 3.8) is 0 Å². The second-order valence-electron chi connectivity index (χ2n) is 5.97. The molecule has 0 amide bonds. The smallest absolute Gasteiger partial charge is 0.314 e. The predicted octanol–water partition coefficient (Wildman–Crippen LogP) is 4.12. The SMILES string of the molecule is CCCCOC1CCC(C(=O)Oc2ccc(C#N)c(F)c2F)CC1. The average molecular weight is 337 g/mol. The Hall–Kier alpha value is -2.00. The van der Waals surface area contributed by atoms with Crippen LogP contribution in [0.2, 0.25) is 0 Å². The van der Waals surface area contributed by atoms with Crippen molar-refractivity contribution in [1.29, 1.82) is 5.26 Å². The zero-order valence-electron chi connectivity index (χ0n) is 13.7. The highest BCUT2D eigenvalue weighted by Crippen LogP contribution is 2.29. The molecular formula is C18H21F2NO3. The van der Waals surface area contributed by atoms with Crippen LogP contribution in [0.25, 0.3) is 0 Å². The molecule has 0 unspecified atom stereocenters. The molecule has 1 aromatic rings. The van der Waals surface area contributed by atoms with Gasteiger partial charge >= 0.3 is 5.97 Å². The minimum Gasteiger partial charge on any atom is -0.423 e. The fourth-order valence-electron chi connectivity index (χ4n) is 2.75. The van der Waals surface area contributed by atoms with Crippen LogP contribution >= 0.6 is 0 Å². The molecule has 130 valence electrons. The molecule has 0 radical (unpaired) electrons. The maximum atomic E-state index is 13.8. The van der Waals surface area contributed by atoms with Crippen molar-refractivity contribution in [2.75, 3.05) is 6.61 Å². The summed E-state index contributed by atoms with van der Waals surface area (Å²) in [4.78, 5) is 12.1. The molecule has 0 aliphatic heterocycles. The zero-order chi connectivity index (χ0) is 17.5. The number of hydrogen-bond acceptors (Lipinski definition) is 4. The van der Waals surface area contributed by atoms with Gasteiger partial charge < -0.3 is 9.47 Å². The van der Waals surface area contributed by atoms with Gasteiger partial charge in [-0.1, -0.05) is 13.3 Å². The number of nitriles is 1. The Kier molecular flexibility index (Phi) is 6.68. The molecule has 1 saturated carbocycles. The Labute approximate surface area is 140 Å². The lowest BCUT2D eigenvalue weighted by molar-refractivity contribution is -0.141. The largest absolute Gasteiger partial charge is 0.423 e. The van der Waals surface area contributed by atoms with Crippen LogP contribution in [-0.2, 0) is 9.53 Å². The van der Waals surface area contributed by atoms with Gasteiger partial charge in [0.2, 0.25) is 5.82 Å².